The van der Waals surface area contributed by atoms with Gasteiger partial charge in [0.15, 0.2) is 5.69 Å². The molecule has 2 aromatic rings. The van der Waals surface area contributed by atoms with E-state index in [2.05, 4.69) is 27.6 Å². The Morgan fingerprint density at radius 2 is 2.03 bits per heavy atom. The summed E-state index contributed by atoms with van der Waals surface area (Å²) in [5.41, 5.74) is -3.11. The summed E-state index contributed by atoms with van der Waals surface area (Å²) in [6.07, 6.45) is 6.06. The number of methoxy groups -OCH3 is 1. The quantitative estimate of drug-likeness (QED) is 0.373. The summed E-state index contributed by atoms with van der Waals surface area (Å²) in [4.78, 5) is 17.2. The zero-order valence-electron chi connectivity index (χ0n) is 20.0. The lowest BCUT2D eigenvalue weighted by Crippen LogP contribution is -2.31. The first-order valence-corrected chi connectivity index (χ1v) is 13.0. The molecule has 194 valence electrons. The van der Waals surface area contributed by atoms with E-state index in [1.165, 1.54) is 26.1 Å². The number of alkyl halides is 3. The van der Waals surface area contributed by atoms with Crippen LogP contribution in [0.25, 0.3) is 11.3 Å². The number of thioether (sulfide) groups is 1. The summed E-state index contributed by atoms with van der Waals surface area (Å²) >= 11 is 6.54. The molecule has 7 nitrogen and oxygen atoms in total. The van der Waals surface area contributed by atoms with Gasteiger partial charge in [-0.15, -0.1) is 0 Å². The minimum Gasteiger partial charge on any atom is -0.496 e. The standard InChI is InChI=1S/C23H31ClF3N5O2S/c1-4-32-21(16-13-29-18(11-17(16)34-3)28-9-10-35-23(25,26)27)19(24)20(31-32)22(33)30-12-15-7-5-14(2)6-8-15/h11,13-15H,4-10,12H2,1-3H3,(H,28,29)(H,30,33). The van der Waals surface area contributed by atoms with Crippen molar-refractivity contribution in [2.24, 2.45) is 11.8 Å². The molecule has 0 unspecified atom stereocenters. The molecule has 1 aliphatic carbocycles. The largest absolute Gasteiger partial charge is 0.496 e. The Bertz CT molecular complexity index is 1010. The van der Waals surface area contributed by atoms with Gasteiger partial charge in [-0.2, -0.15) is 18.3 Å². The number of amides is 1. The van der Waals surface area contributed by atoms with Crippen molar-refractivity contribution in [3.8, 4) is 17.0 Å². The third kappa shape index (κ3) is 7.42. The summed E-state index contributed by atoms with van der Waals surface area (Å²) in [7, 11) is 1.47. The Hall–Kier alpha value is -2.14. The van der Waals surface area contributed by atoms with Gasteiger partial charge in [0.25, 0.3) is 5.91 Å². The number of hydrogen-bond donors (Lipinski definition) is 2. The lowest BCUT2D eigenvalue weighted by atomic mass is 9.83. The fraction of sp³-hybridized carbons (Fsp3) is 0.609. The van der Waals surface area contributed by atoms with Gasteiger partial charge < -0.3 is 15.4 Å². The molecule has 2 N–H and O–H groups in total. The highest BCUT2D eigenvalue weighted by atomic mass is 35.5. The maximum absolute atomic E-state index is 12.9. The lowest BCUT2D eigenvalue weighted by Gasteiger charge is -2.26. The number of pyridine rings is 1. The highest BCUT2D eigenvalue weighted by Crippen LogP contribution is 2.37. The Labute approximate surface area is 212 Å². The number of nitrogens with zero attached hydrogens (tertiary/aromatic N) is 3. The van der Waals surface area contributed by atoms with Gasteiger partial charge in [-0.3, -0.25) is 9.48 Å². The maximum atomic E-state index is 12.9. The molecule has 1 amide bonds. The average Bonchev–Trinajstić information content (AvgIpc) is 3.16. The Morgan fingerprint density at radius 3 is 2.66 bits per heavy atom. The fourth-order valence-corrected chi connectivity index (χ4v) is 4.91. The van der Waals surface area contributed by atoms with E-state index in [1.807, 2.05) is 6.92 Å². The molecule has 0 bridgehead atoms. The number of ether oxygens (including phenoxy) is 1. The molecule has 0 aromatic carbocycles. The molecule has 35 heavy (non-hydrogen) atoms. The smallest absolute Gasteiger partial charge is 0.441 e. The lowest BCUT2D eigenvalue weighted by molar-refractivity contribution is -0.0327. The molecule has 0 spiro atoms. The summed E-state index contributed by atoms with van der Waals surface area (Å²) in [6, 6.07) is 1.58. The number of carbonyl (C=O) groups excluding carboxylic acids is 1. The minimum atomic E-state index is -4.27. The molecule has 0 saturated heterocycles. The first-order valence-electron chi connectivity index (χ1n) is 11.7. The zero-order chi connectivity index (χ0) is 25.6. The van der Waals surface area contributed by atoms with Gasteiger partial charge in [0.2, 0.25) is 0 Å². The van der Waals surface area contributed by atoms with Crippen LogP contribution in [0.1, 0.15) is 50.0 Å². The van der Waals surface area contributed by atoms with Gasteiger partial charge in [-0.25, -0.2) is 4.98 Å². The Kier molecular flexibility index (Phi) is 9.57. The van der Waals surface area contributed by atoms with Crippen LogP contribution in [0.15, 0.2) is 12.3 Å². The monoisotopic (exact) mass is 533 g/mol. The van der Waals surface area contributed by atoms with E-state index in [4.69, 9.17) is 16.3 Å². The molecule has 1 fully saturated rings. The number of rotatable bonds is 10. The third-order valence-electron chi connectivity index (χ3n) is 6.11. The molecule has 0 atom stereocenters. The van der Waals surface area contributed by atoms with Gasteiger partial charge in [0.1, 0.15) is 11.6 Å². The molecule has 1 aliphatic rings. The molecular formula is C23H31ClF3N5O2S. The van der Waals surface area contributed by atoms with Crippen LogP contribution in [0.3, 0.4) is 0 Å². The third-order valence-corrected chi connectivity index (χ3v) is 7.20. The van der Waals surface area contributed by atoms with Crippen molar-refractivity contribution in [1.82, 2.24) is 20.1 Å². The first-order chi connectivity index (χ1) is 16.6. The van der Waals surface area contributed by atoms with Crippen LogP contribution in [-0.4, -0.2) is 52.1 Å². The summed E-state index contributed by atoms with van der Waals surface area (Å²) < 4.78 is 44.1. The number of aromatic nitrogens is 3. The van der Waals surface area contributed by atoms with E-state index in [0.29, 0.717) is 41.8 Å². The minimum absolute atomic E-state index is 0.0809. The van der Waals surface area contributed by atoms with E-state index < -0.39 is 5.51 Å². The molecular weight excluding hydrogens is 503 g/mol. The van der Waals surface area contributed by atoms with Crippen LogP contribution in [0, 0.1) is 11.8 Å². The molecule has 0 radical (unpaired) electrons. The maximum Gasteiger partial charge on any atom is 0.441 e. The van der Waals surface area contributed by atoms with Crippen LogP contribution in [0.5, 0.6) is 5.75 Å². The van der Waals surface area contributed by atoms with E-state index in [9.17, 15) is 18.0 Å². The molecule has 2 aromatic heterocycles. The highest BCUT2D eigenvalue weighted by molar-refractivity contribution is 8.00. The van der Waals surface area contributed by atoms with E-state index in [0.717, 1.165) is 18.8 Å². The number of anilines is 1. The van der Waals surface area contributed by atoms with Crippen LogP contribution in [0.4, 0.5) is 19.0 Å². The molecule has 2 heterocycles. The Morgan fingerprint density at radius 1 is 1.31 bits per heavy atom. The predicted molar refractivity (Wildman–Crippen MR) is 133 cm³/mol. The summed E-state index contributed by atoms with van der Waals surface area (Å²) in [6.45, 7) is 5.27. The first kappa shape index (κ1) is 27.4. The second-order valence-corrected chi connectivity index (χ2v) is 10.2. The van der Waals surface area contributed by atoms with Crippen molar-refractivity contribution >= 4 is 35.1 Å². The number of aryl methyl sites for hydroxylation is 1. The van der Waals surface area contributed by atoms with Crippen molar-refractivity contribution in [2.75, 3.05) is 31.3 Å². The fourth-order valence-electron chi connectivity index (χ4n) is 4.15. The number of carbonyl (C=O) groups is 1. The Balaban J connectivity index is 1.74. The summed E-state index contributed by atoms with van der Waals surface area (Å²) in [5, 5.41) is 10.5. The molecule has 12 heteroatoms. The van der Waals surface area contributed by atoms with Gasteiger partial charge in [-0.1, -0.05) is 31.4 Å². The van der Waals surface area contributed by atoms with Gasteiger partial charge >= 0.3 is 5.51 Å². The normalized spacial score (nSPS) is 18.4. The van der Waals surface area contributed by atoms with E-state index >= 15 is 0 Å². The molecule has 0 aliphatic heterocycles. The SMILES string of the molecule is CCn1nc(C(=O)NCC2CCC(C)CC2)c(Cl)c1-c1cnc(NCCSC(F)(F)F)cc1OC. The topological polar surface area (TPSA) is 81.1 Å². The van der Waals surface area contributed by atoms with Crippen molar-refractivity contribution in [3.05, 3.63) is 23.0 Å². The van der Waals surface area contributed by atoms with Crippen molar-refractivity contribution in [2.45, 2.75) is 51.6 Å². The summed E-state index contributed by atoms with van der Waals surface area (Å²) in [5.74, 6) is 1.50. The second-order valence-electron chi connectivity index (χ2n) is 8.65. The van der Waals surface area contributed by atoms with Gasteiger partial charge in [0, 0.05) is 37.7 Å². The van der Waals surface area contributed by atoms with Crippen molar-refractivity contribution in [1.29, 1.82) is 0 Å². The van der Waals surface area contributed by atoms with E-state index in [-0.39, 0.29) is 40.7 Å². The highest BCUT2D eigenvalue weighted by Gasteiger charge is 2.28. The zero-order valence-corrected chi connectivity index (χ0v) is 21.6. The van der Waals surface area contributed by atoms with Crippen molar-refractivity contribution in [3.63, 3.8) is 0 Å². The number of halogens is 4. The molecule has 3 rings (SSSR count). The second kappa shape index (κ2) is 12.2. The van der Waals surface area contributed by atoms with Gasteiger partial charge in [-0.05, 0) is 43.4 Å². The van der Waals surface area contributed by atoms with Crippen LogP contribution >= 0.6 is 23.4 Å². The van der Waals surface area contributed by atoms with Crippen LogP contribution < -0.4 is 15.4 Å². The van der Waals surface area contributed by atoms with Gasteiger partial charge in [0.05, 0.1) is 23.4 Å². The van der Waals surface area contributed by atoms with Crippen LogP contribution in [-0.2, 0) is 6.54 Å². The van der Waals surface area contributed by atoms with E-state index in [1.54, 1.807) is 10.7 Å². The number of hydrogen-bond acceptors (Lipinski definition) is 6. The predicted octanol–water partition coefficient (Wildman–Crippen LogP) is 5.85. The molecule has 1 saturated carbocycles. The van der Waals surface area contributed by atoms with Crippen LogP contribution in [0.2, 0.25) is 5.02 Å². The van der Waals surface area contributed by atoms with Crippen molar-refractivity contribution < 1.29 is 22.7 Å². The number of nitrogens with one attached hydrogen (secondary N) is 2. The average molecular weight is 534 g/mol.